The maximum absolute atomic E-state index is 11.1. The molecule has 0 fully saturated rings. The molecule has 0 bridgehead atoms. The number of hydrogen-bond acceptors (Lipinski definition) is 4. The van der Waals surface area contributed by atoms with Gasteiger partial charge in [-0.25, -0.2) is 13.1 Å². The molecule has 0 spiro atoms. The Morgan fingerprint density at radius 1 is 1.26 bits per heavy atom. The molecule has 2 N–H and O–H groups in total. The van der Waals surface area contributed by atoms with E-state index in [1.807, 2.05) is 42.6 Å². The zero-order valence-corrected chi connectivity index (χ0v) is 11.5. The molecule has 1 heterocycles. The topological polar surface area (TPSA) is 78.0 Å². The predicted molar refractivity (Wildman–Crippen MR) is 74.8 cm³/mol. The molecule has 2 rings (SSSR count). The Morgan fingerprint density at radius 3 is 2.58 bits per heavy atom. The number of aromatic nitrogens is 2. The predicted octanol–water partition coefficient (Wildman–Crippen LogP) is 1.31. The lowest BCUT2D eigenvalue weighted by atomic mass is 10.2. The first-order valence-corrected chi connectivity index (χ1v) is 8.06. The first-order chi connectivity index (χ1) is 8.96. The lowest BCUT2D eigenvalue weighted by Gasteiger charge is -2.07. The van der Waals surface area contributed by atoms with Crippen molar-refractivity contribution < 1.29 is 8.42 Å². The van der Waals surface area contributed by atoms with Crippen molar-refractivity contribution >= 4 is 9.84 Å². The molecule has 102 valence electrons. The Hall–Kier alpha value is -1.66. The minimum absolute atomic E-state index is 0.0758. The molecular weight excluding hydrogens is 262 g/mol. The highest BCUT2D eigenvalue weighted by molar-refractivity contribution is 7.90. The van der Waals surface area contributed by atoms with Gasteiger partial charge in [-0.3, -0.25) is 0 Å². The van der Waals surface area contributed by atoms with E-state index in [4.69, 9.17) is 5.73 Å². The number of rotatable bonds is 5. The van der Waals surface area contributed by atoms with Crippen molar-refractivity contribution in [3.8, 4) is 5.69 Å². The summed E-state index contributed by atoms with van der Waals surface area (Å²) in [4.78, 5) is 0. The maximum atomic E-state index is 11.1. The van der Waals surface area contributed by atoms with Crippen LogP contribution in [0.4, 0.5) is 0 Å². The van der Waals surface area contributed by atoms with Crippen LogP contribution in [0.25, 0.3) is 5.69 Å². The minimum Gasteiger partial charge on any atom is -0.323 e. The molecule has 1 aromatic heterocycles. The van der Waals surface area contributed by atoms with Crippen molar-refractivity contribution in [3.63, 3.8) is 0 Å². The van der Waals surface area contributed by atoms with Crippen molar-refractivity contribution in [1.29, 1.82) is 0 Å². The summed E-state index contributed by atoms with van der Waals surface area (Å²) in [6.07, 6.45) is 3.41. The summed E-state index contributed by atoms with van der Waals surface area (Å²) in [6, 6.07) is 11.1. The summed E-state index contributed by atoms with van der Waals surface area (Å²) in [5.74, 6) is 0.0758. The second-order valence-electron chi connectivity index (χ2n) is 4.55. The van der Waals surface area contributed by atoms with Crippen molar-refractivity contribution in [1.82, 2.24) is 9.78 Å². The van der Waals surface area contributed by atoms with Gasteiger partial charge in [-0.15, -0.1) is 0 Å². The first-order valence-electron chi connectivity index (χ1n) is 6.00. The summed E-state index contributed by atoms with van der Waals surface area (Å²) in [5.41, 5.74) is 7.60. The molecule has 1 unspecified atom stereocenters. The van der Waals surface area contributed by atoms with Crippen molar-refractivity contribution in [2.45, 2.75) is 12.5 Å². The third-order valence-electron chi connectivity index (χ3n) is 2.81. The highest BCUT2D eigenvalue weighted by atomic mass is 32.2. The highest BCUT2D eigenvalue weighted by Gasteiger charge is 2.13. The van der Waals surface area contributed by atoms with Crippen molar-refractivity contribution in [2.24, 2.45) is 5.73 Å². The fourth-order valence-corrected chi connectivity index (χ4v) is 2.43. The quantitative estimate of drug-likeness (QED) is 0.895. The molecule has 0 aliphatic heterocycles. The van der Waals surface area contributed by atoms with E-state index < -0.39 is 9.84 Å². The third-order valence-corrected chi connectivity index (χ3v) is 3.79. The lowest BCUT2D eigenvalue weighted by molar-refractivity contribution is 0.588. The number of benzene rings is 1. The summed E-state index contributed by atoms with van der Waals surface area (Å²) in [6.45, 7) is 0. The molecule has 0 aliphatic rings. The van der Waals surface area contributed by atoms with Crippen LogP contribution >= 0.6 is 0 Å². The standard InChI is InChI=1S/C13H17N3O2S/c1-19(17,18)10-8-12(14)13-7-9-16(15-13)11-5-3-2-4-6-11/h2-7,9,12H,8,10,14H2,1H3. The summed E-state index contributed by atoms with van der Waals surface area (Å²) >= 11 is 0. The number of hydrogen-bond donors (Lipinski definition) is 1. The fraction of sp³-hybridized carbons (Fsp3) is 0.308. The number of para-hydroxylation sites is 1. The van der Waals surface area contributed by atoms with Gasteiger partial charge in [-0.05, 0) is 24.6 Å². The van der Waals surface area contributed by atoms with Gasteiger partial charge < -0.3 is 5.73 Å². The van der Waals surface area contributed by atoms with Crippen LogP contribution in [0.5, 0.6) is 0 Å². The van der Waals surface area contributed by atoms with E-state index in [2.05, 4.69) is 5.10 Å². The average Bonchev–Trinajstić information content (AvgIpc) is 2.86. The van der Waals surface area contributed by atoms with Crippen LogP contribution in [-0.2, 0) is 9.84 Å². The van der Waals surface area contributed by atoms with E-state index in [1.165, 1.54) is 6.26 Å². The summed E-state index contributed by atoms with van der Waals surface area (Å²) in [7, 11) is -2.99. The van der Waals surface area contributed by atoms with Crippen LogP contribution in [-0.4, -0.2) is 30.2 Å². The smallest absolute Gasteiger partial charge is 0.147 e. The molecular formula is C13H17N3O2S. The van der Waals surface area contributed by atoms with Gasteiger partial charge in [0.15, 0.2) is 0 Å². The van der Waals surface area contributed by atoms with Gasteiger partial charge in [0.25, 0.3) is 0 Å². The largest absolute Gasteiger partial charge is 0.323 e. The van der Waals surface area contributed by atoms with E-state index in [-0.39, 0.29) is 11.8 Å². The van der Waals surface area contributed by atoms with E-state index in [0.717, 1.165) is 5.69 Å². The van der Waals surface area contributed by atoms with E-state index in [1.54, 1.807) is 4.68 Å². The highest BCUT2D eigenvalue weighted by Crippen LogP contribution is 2.14. The van der Waals surface area contributed by atoms with Crippen LogP contribution < -0.4 is 5.73 Å². The Morgan fingerprint density at radius 2 is 1.95 bits per heavy atom. The second kappa shape index (κ2) is 5.54. The van der Waals surface area contributed by atoms with Gasteiger partial charge in [0.05, 0.1) is 17.1 Å². The molecule has 6 heteroatoms. The van der Waals surface area contributed by atoms with Gasteiger partial charge in [0.2, 0.25) is 0 Å². The van der Waals surface area contributed by atoms with Gasteiger partial charge in [0, 0.05) is 18.5 Å². The average molecular weight is 279 g/mol. The van der Waals surface area contributed by atoms with Crippen LogP contribution in [0.15, 0.2) is 42.6 Å². The Kier molecular flexibility index (Phi) is 4.01. The second-order valence-corrected chi connectivity index (χ2v) is 6.81. The van der Waals surface area contributed by atoms with Crippen molar-refractivity contribution in [3.05, 3.63) is 48.3 Å². The van der Waals surface area contributed by atoms with Gasteiger partial charge in [0.1, 0.15) is 9.84 Å². The van der Waals surface area contributed by atoms with Crippen LogP contribution in [0.3, 0.4) is 0 Å². The first kappa shape index (κ1) is 13.8. The summed E-state index contributed by atoms with van der Waals surface area (Å²) < 4.78 is 24.0. The van der Waals surface area contributed by atoms with Gasteiger partial charge in [-0.2, -0.15) is 5.10 Å². The molecule has 5 nitrogen and oxygen atoms in total. The molecule has 19 heavy (non-hydrogen) atoms. The molecule has 0 amide bonds. The van der Waals surface area contributed by atoms with Crippen LogP contribution in [0.2, 0.25) is 0 Å². The fourth-order valence-electron chi connectivity index (χ4n) is 1.75. The molecule has 1 aromatic carbocycles. The van der Waals surface area contributed by atoms with E-state index in [9.17, 15) is 8.42 Å². The molecule has 0 saturated carbocycles. The molecule has 0 saturated heterocycles. The zero-order valence-electron chi connectivity index (χ0n) is 10.7. The maximum Gasteiger partial charge on any atom is 0.147 e. The SMILES string of the molecule is CS(=O)(=O)CCC(N)c1ccn(-c2ccccc2)n1. The van der Waals surface area contributed by atoms with Gasteiger partial charge >= 0.3 is 0 Å². The Bertz CT molecular complexity index is 635. The van der Waals surface area contributed by atoms with Crippen LogP contribution in [0.1, 0.15) is 18.2 Å². The number of nitrogens with zero attached hydrogens (tertiary/aromatic N) is 2. The molecule has 0 radical (unpaired) electrons. The third kappa shape index (κ3) is 3.90. The van der Waals surface area contributed by atoms with Gasteiger partial charge in [-0.1, -0.05) is 18.2 Å². The molecule has 2 aromatic rings. The number of sulfone groups is 1. The normalized spacial score (nSPS) is 13.4. The van der Waals surface area contributed by atoms with Crippen LogP contribution in [0, 0.1) is 0 Å². The van der Waals surface area contributed by atoms with E-state index in [0.29, 0.717) is 12.1 Å². The Labute approximate surface area is 113 Å². The monoisotopic (exact) mass is 279 g/mol. The minimum atomic E-state index is -2.99. The molecule has 1 atom stereocenters. The summed E-state index contributed by atoms with van der Waals surface area (Å²) in [5, 5.41) is 4.38. The number of nitrogens with two attached hydrogens (primary N) is 1. The lowest BCUT2D eigenvalue weighted by Crippen LogP contribution is -2.16. The molecule has 0 aliphatic carbocycles. The van der Waals surface area contributed by atoms with Crippen molar-refractivity contribution in [2.75, 3.05) is 12.0 Å². The van der Waals surface area contributed by atoms with E-state index >= 15 is 0 Å². The zero-order chi connectivity index (χ0) is 13.9. The Balaban J connectivity index is 2.09.